The molecule has 0 saturated heterocycles. The Balaban J connectivity index is 1.47. The second-order valence-corrected chi connectivity index (χ2v) is 6.86. The van der Waals surface area contributed by atoms with Crippen molar-refractivity contribution in [2.45, 2.75) is 57.8 Å². The number of nitrogen functional groups attached to an aromatic ring is 1. The zero-order chi connectivity index (χ0) is 14.8. The van der Waals surface area contributed by atoms with Crippen molar-refractivity contribution in [3.63, 3.8) is 0 Å². The highest BCUT2D eigenvalue weighted by molar-refractivity contribution is 5.97. The van der Waals surface area contributed by atoms with Crippen LogP contribution >= 0.6 is 0 Å². The minimum Gasteiger partial charge on any atom is -0.395 e. The summed E-state index contributed by atoms with van der Waals surface area (Å²) in [5.41, 5.74) is 7.88. The Morgan fingerprint density at radius 3 is 2.90 bits per heavy atom. The third-order valence-corrected chi connectivity index (χ3v) is 4.92. The van der Waals surface area contributed by atoms with Crippen LogP contribution in [0.2, 0.25) is 0 Å². The minimum atomic E-state index is -0.139. The number of nitrogens with two attached hydrogens (primary N) is 1. The fourth-order valence-electron chi connectivity index (χ4n) is 3.52. The van der Waals surface area contributed by atoms with E-state index in [1.54, 1.807) is 0 Å². The summed E-state index contributed by atoms with van der Waals surface area (Å²) < 4.78 is 0. The largest absolute Gasteiger partial charge is 0.395 e. The van der Waals surface area contributed by atoms with Crippen molar-refractivity contribution >= 4 is 11.6 Å². The quantitative estimate of drug-likeness (QED) is 0.779. The van der Waals surface area contributed by atoms with Crippen LogP contribution in [-0.4, -0.2) is 22.6 Å². The number of anilines is 1. The lowest BCUT2D eigenvalue weighted by Crippen LogP contribution is -2.28. The molecule has 0 bridgehead atoms. The van der Waals surface area contributed by atoms with Gasteiger partial charge in [-0.15, -0.1) is 0 Å². The average molecular weight is 290 g/mol. The van der Waals surface area contributed by atoms with Gasteiger partial charge in [0.05, 0.1) is 11.4 Å². The summed E-state index contributed by atoms with van der Waals surface area (Å²) in [5.74, 6) is 1.94. The third kappa shape index (κ3) is 3.39. The molecule has 1 heterocycles. The second kappa shape index (κ2) is 6.08. The molecule has 2 fully saturated rings. The van der Waals surface area contributed by atoms with E-state index in [0.29, 0.717) is 17.3 Å². The summed E-state index contributed by atoms with van der Waals surface area (Å²) in [6.07, 6.45) is 8.65. The van der Waals surface area contributed by atoms with Gasteiger partial charge in [-0.1, -0.05) is 26.2 Å². The molecule has 5 nitrogen and oxygen atoms in total. The zero-order valence-electron chi connectivity index (χ0n) is 12.8. The van der Waals surface area contributed by atoms with Gasteiger partial charge in [0.15, 0.2) is 5.69 Å². The van der Waals surface area contributed by atoms with Crippen LogP contribution in [0.25, 0.3) is 0 Å². The topological polar surface area (TPSA) is 83.8 Å². The van der Waals surface area contributed by atoms with Gasteiger partial charge in [0.2, 0.25) is 0 Å². The van der Waals surface area contributed by atoms with E-state index in [0.717, 1.165) is 43.3 Å². The van der Waals surface area contributed by atoms with Crippen molar-refractivity contribution in [3.05, 3.63) is 11.4 Å². The van der Waals surface area contributed by atoms with Gasteiger partial charge in [-0.2, -0.15) is 5.10 Å². The van der Waals surface area contributed by atoms with E-state index in [2.05, 4.69) is 22.4 Å². The first-order chi connectivity index (χ1) is 10.1. The molecule has 0 radical (unpaired) electrons. The van der Waals surface area contributed by atoms with E-state index < -0.39 is 0 Å². The minimum absolute atomic E-state index is 0.139. The van der Waals surface area contributed by atoms with Crippen molar-refractivity contribution in [1.82, 2.24) is 15.5 Å². The number of carbonyl (C=O) groups is 1. The number of aromatic amines is 1. The van der Waals surface area contributed by atoms with Crippen LogP contribution in [0, 0.1) is 11.8 Å². The molecule has 5 heteroatoms. The first-order valence-corrected chi connectivity index (χ1v) is 8.27. The van der Waals surface area contributed by atoms with Gasteiger partial charge in [0, 0.05) is 12.5 Å². The van der Waals surface area contributed by atoms with Crippen LogP contribution in [0.5, 0.6) is 0 Å². The fraction of sp³-hybridized carbons (Fsp3) is 0.750. The lowest BCUT2D eigenvalue weighted by atomic mass is 9.81. The molecule has 0 aliphatic heterocycles. The summed E-state index contributed by atoms with van der Waals surface area (Å²) in [6.45, 7) is 3.05. The Morgan fingerprint density at radius 2 is 2.19 bits per heavy atom. The number of hydrogen-bond acceptors (Lipinski definition) is 3. The number of nitrogens with zero attached hydrogens (tertiary/aromatic N) is 1. The molecule has 2 saturated carbocycles. The number of nitrogens with one attached hydrogen (secondary N) is 2. The number of H-pyrrole nitrogens is 1. The van der Waals surface area contributed by atoms with E-state index in [1.165, 1.54) is 25.7 Å². The smallest absolute Gasteiger partial charge is 0.273 e. The van der Waals surface area contributed by atoms with Gasteiger partial charge in [-0.05, 0) is 37.5 Å². The van der Waals surface area contributed by atoms with Gasteiger partial charge in [-0.25, -0.2) is 0 Å². The summed E-state index contributed by atoms with van der Waals surface area (Å²) >= 11 is 0. The van der Waals surface area contributed by atoms with E-state index in [-0.39, 0.29) is 5.91 Å². The number of rotatable bonds is 5. The van der Waals surface area contributed by atoms with Crippen molar-refractivity contribution < 1.29 is 4.79 Å². The first-order valence-electron chi connectivity index (χ1n) is 8.27. The normalized spacial score (nSPS) is 25.8. The van der Waals surface area contributed by atoms with Gasteiger partial charge in [0.1, 0.15) is 0 Å². The monoisotopic (exact) mass is 290 g/mol. The zero-order valence-corrected chi connectivity index (χ0v) is 12.8. The molecule has 21 heavy (non-hydrogen) atoms. The predicted molar refractivity (Wildman–Crippen MR) is 83.0 cm³/mol. The molecule has 0 aromatic carbocycles. The molecule has 0 spiro atoms. The van der Waals surface area contributed by atoms with Crippen molar-refractivity contribution in [1.29, 1.82) is 0 Å². The van der Waals surface area contributed by atoms with Gasteiger partial charge >= 0.3 is 0 Å². The summed E-state index contributed by atoms with van der Waals surface area (Å²) in [4.78, 5) is 12.2. The maximum absolute atomic E-state index is 12.2. The Kier molecular flexibility index (Phi) is 4.17. The predicted octanol–water partition coefficient (Wildman–Crippen LogP) is 2.82. The van der Waals surface area contributed by atoms with Crippen LogP contribution in [-0.2, 0) is 0 Å². The molecule has 1 amide bonds. The lowest BCUT2D eigenvalue weighted by Gasteiger charge is -2.26. The number of amides is 1. The van der Waals surface area contributed by atoms with E-state index in [1.807, 2.05) is 0 Å². The highest BCUT2D eigenvalue weighted by Gasteiger charge is 2.30. The molecule has 116 valence electrons. The molecule has 2 unspecified atom stereocenters. The number of hydrogen-bond donors (Lipinski definition) is 3. The maximum Gasteiger partial charge on any atom is 0.273 e. The molecule has 2 atom stereocenters. The Labute approximate surface area is 126 Å². The van der Waals surface area contributed by atoms with Crippen molar-refractivity contribution in [2.24, 2.45) is 11.8 Å². The Hall–Kier alpha value is -1.52. The van der Waals surface area contributed by atoms with Crippen molar-refractivity contribution in [3.8, 4) is 0 Å². The van der Waals surface area contributed by atoms with E-state index in [9.17, 15) is 4.79 Å². The lowest BCUT2D eigenvalue weighted by molar-refractivity contribution is 0.0945. The summed E-state index contributed by atoms with van der Waals surface area (Å²) in [5, 5.41) is 9.99. The fourth-order valence-corrected chi connectivity index (χ4v) is 3.52. The van der Waals surface area contributed by atoms with Crippen LogP contribution < -0.4 is 11.1 Å². The SMILES string of the molecule is CC1CCCC(CCNC(=O)c2n[nH]c(C3CC3)c2N)C1. The molecule has 2 aliphatic carbocycles. The number of aromatic nitrogens is 2. The first kappa shape index (κ1) is 14.4. The molecular formula is C16H26N4O. The molecule has 4 N–H and O–H groups in total. The molecule has 1 aromatic heterocycles. The number of carbonyl (C=O) groups excluding carboxylic acids is 1. The van der Waals surface area contributed by atoms with Gasteiger partial charge in [0.25, 0.3) is 5.91 Å². The van der Waals surface area contributed by atoms with Gasteiger partial charge < -0.3 is 11.1 Å². The summed E-state index contributed by atoms with van der Waals surface area (Å²) in [6, 6.07) is 0. The van der Waals surface area contributed by atoms with Crippen molar-refractivity contribution in [2.75, 3.05) is 12.3 Å². The molecular weight excluding hydrogens is 264 g/mol. The highest BCUT2D eigenvalue weighted by Crippen LogP contribution is 2.42. The van der Waals surface area contributed by atoms with Crippen LogP contribution in [0.15, 0.2) is 0 Å². The van der Waals surface area contributed by atoms with E-state index in [4.69, 9.17) is 5.73 Å². The average Bonchev–Trinajstić information content (AvgIpc) is 3.22. The summed E-state index contributed by atoms with van der Waals surface area (Å²) in [7, 11) is 0. The third-order valence-electron chi connectivity index (χ3n) is 4.92. The standard InChI is InChI=1S/C16H26N4O/c1-10-3-2-4-11(9-10)7-8-18-16(21)15-13(17)14(19-20-15)12-5-6-12/h10-12H,2-9,17H2,1H3,(H,18,21)(H,19,20). The van der Waals surface area contributed by atoms with Crippen LogP contribution in [0.3, 0.4) is 0 Å². The molecule has 1 aromatic rings. The molecule has 3 rings (SSSR count). The van der Waals surface area contributed by atoms with Gasteiger partial charge in [-0.3, -0.25) is 9.89 Å². The van der Waals surface area contributed by atoms with Crippen LogP contribution in [0.4, 0.5) is 5.69 Å². The second-order valence-electron chi connectivity index (χ2n) is 6.86. The van der Waals surface area contributed by atoms with Crippen LogP contribution in [0.1, 0.15) is 74.0 Å². The Morgan fingerprint density at radius 1 is 1.38 bits per heavy atom. The Bertz CT molecular complexity index is 506. The molecule has 2 aliphatic rings. The highest BCUT2D eigenvalue weighted by atomic mass is 16.1. The van der Waals surface area contributed by atoms with E-state index >= 15 is 0 Å². The maximum atomic E-state index is 12.2.